The Morgan fingerprint density at radius 1 is 1.23 bits per heavy atom. The third-order valence-electron chi connectivity index (χ3n) is 2.19. The second-order valence-electron chi connectivity index (χ2n) is 3.27. The van der Waals surface area contributed by atoms with Crippen molar-refractivity contribution in [2.75, 3.05) is 0 Å². The van der Waals surface area contributed by atoms with E-state index in [1.165, 1.54) is 18.4 Å². The molecule has 0 bridgehead atoms. The van der Waals surface area contributed by atoms with Crippen LogP contribution in [0, 0.1) is 13.8 Å². The number of hydrogen-bond donors (Lipinski definition) is 0. The van der Waals surface area contributed by atoms with Crippen molar-refractivity contribution in [2.24, 2.45) is 0 Å². The van der Waals surface area contributed by atoms with E-state index in [0.29, 0.717) is 5.92 Å². The Morgan fingerprint density at radius 2 is 1.85 bits per heavy atom. The Hall–Kier alpha value is -0.920. The van der Waals surface area contributed by atoms with Crippen LogP contribution < -0.4 is 0 Å². The lowest BCUT2D eigenvalue weighted by Crippen LogP contribution is -1.96. The first-order valence-electron chi connectivity index (χ1n) is 5.07. The number of rotatable bonds is 1. The monoisotopic (exact) mass is 178 g/mol. The molecule has 0 saturated heterocycles. The summed E-state index contributed by atoms with van der Waals surface area (Å²) in [6, 6.07) is 0. The summed E-state index contributed by atoms with van der Waals surface area (Å²) in [5, 5.41) is 0. The van der Waals surface area contributed by atoms with Crippen molar-refractivity contribution < 1.29 is 0 Å². The Balaban J connectivity index is 0.000000396. The van der Waals surface area contributed by atoms with Crippen LogP contribution in [0.4, 0.5) is 0 Å². The first-order chi connectivity index (χ1) is 6.27. The molecule has 2 rings (SSSR count). The molecule has 0 spiro atoms. The molecule has 13 heavy (non-hydrogen) atoms. The van der Waals surface area contributed by atoms with Crippen molar-refractivity contribution in [3.05, 3.63) is 23.3 Å². The van der Waals surface area contributed by atoms with E-state index in [4.69, 9.17) is 0 Å². The van der Waals surface area contributed by atoms with E-state index in [2.05, 4.69) is 9.97 Å². The fourth-order valence-corrected chi connectivity index (χ4v) is 1.08. The Bertz CT molecular complexity index is 277. The van der Waals surface area contributed by atoms with E-state index in [0.717, 1.165) is 11.5 Å². The van der Waals surface area contributed by atoms with Gasteiger partial charge in [0.25, 0.3) is 0 Å². The van der Waals surface area contributed by atoms with Gasteiger partial charge in [0.05, 0.1) is 0 Å². The third kappa shape index (κ3) is 2.51. The van der Waals surface area contributed by atoms with Gasteiger partial charge in [-0.15, -0.1) is 0 Å². The van der Waals surface area contributed by atoms with Gasteiger partial charge in [-0.05, 0) is 32.3 Å². The third-order valence-corrected chi connectivity index (χ3v) is 2.19. The van der Waals surface area contributed by atoms with Crippen molar-refractivity contribution in [3.8, 4) is 0 Å². The van der Waals surface area contributed by atoms with Gasteiger partial charge in [-0.25, -0.2) is 9.97 Å². The summed E-state index contributed by atoms with van der Waals surface area (Å²) in [6.45, 7) is 8.09. The van der Waals surface area contributed by atoms with Crippen LogP contribution in [-0.2, 0) is 0 Å². The van der Waals surface area contributed by atoms with E-state index >= 15 is 0 Å². The first kappa shape index (κ1) is 10.2. The van der Waals surface area contributed by atoms with Gasteiger partial charge in [0.1, 0.15) is 5.82 Å². The molecule has 1 aliphatic rings. The Kier molecular flexibility index (Phi) is 3.40. The largest absolute Gasteiger partial charge is 0.241 e. The van der Waals surface area contributed by atoms with Gasteiger partial charge in [-0.3, -0.25) is 0 Å². The quantitative estimate of drug-likeness (QED) is 0.660. The molecule has 1 heterocycles. The van der Waals surface area contributed by atoms with Crippen molar-refractivity contribution in [1.82, 2.24) is 9.97 Å². The summed E-state index contributed by atoms with van der Waals surface area (Å²) in [7, 11) is 0. The van der Waals surface area contributed by atoms with Crippen LogP contribution in [-0.4, -0.2) is 9.97 Å². The summed E-state index contributed by atoms with van der Waals surface area (Å²) in [4.78, 5) is 8.71. The number of hydrogen-bond acceptors (Lipinski definition) is 2. The molecule has 0 unspecified atom stereocenters. The fourth-order valence-electron chi connectivity index (χ4n) is 1.08. The zero-order valence-electron chi connectivity index (χ0n) is 8.96. The lowest BCUT2D eigenvalue weighted by molar-refractivity contribution is 0.893. The molecule has 2 nitrogen and oxygen atoms in total. The predicted octanol–water partition coefficient (Wildman–Crippen LogP) is 3.00. The SMILES string of the molecule is CC.Cc1cnc(C2CC2)nc1C. The Labute approximate surface area is 80.4 Å². The fraction of sp³-hybridized carbons (Fsp3) is 0.636. The van der Waals surface area contributed by atoms with Gasteiger partial charge in [0.2, 0.25) is 0 Å². The molecule has 1 aromatic rings. The minimum atomic E-state index is 0.675. The molecular formula is C11H18N2. The lowest BCUT2D eigenvalue weighted by atomic mass is 10.2. The van der Waals surface area contributed by atoms with Crippen molar-refractivity contribution in [3.63, 3.8) is 0 Å². The number of nitrogens with zero attached hydrogens (tertiary/aromatic N) is 2. The van der Waals surface area contributed by atoms with Gasteiger partial charge in [-0.2, -0.15) is 0 Å². The topological polar surface area (TPSA) is 25.8 Å². The second-order valence-corrected chi connectivity index (χ2v) is 3.27. The van der Waals surface area contributed by atoms with Crippen molar-refractivity contribution in [1.29, 1.82) is 0 Å². The van der Waals surface area contributed by atoms with Gasteiger partial charge >= 0.3 is 0 Å². The molecule has 1 aliphatic carbocycles. The van der Waals surface area contributed by atoms with Gasteiger partial charge < -0.3 is 0 Å². The van der Waals surface area contributed by atoms with Gasteiger partial charge in [0.15, 0.2) is 0 Å². The maximum Gasteiger partial charge on any atom is 0.131 e. The maximum atomic E-state index is 4.42. The minimum absolute atomic E-state index is 0.675. The molecule has 0 aromatic carbocycles. The molecule has 0 aliphatic heterocycles. The van der Waals surface area contributed by atoms with Crippen LogP contribution in [0.25, 0.3) is 0 Å². The molecule has 1 fully saturated rings. The molecule has 1 saturated carbocycles. The molecule has 0 radical (unpaired) electrons. The highest BCUT2D eigenvalue weighted by Gasteiger charge is 2.26. The zero-order valence-corrected chi connectivity index (χ0v) is 8.96. The van der Waals surface area contributed by atoms with Crippen LogP contribution >= 0.6 is 0 Å². The van der Waals surface area contributed by atoms with E-state index in [9.17, 15) is 0 Å². The van der Waals surface area contributed by atoms with E-state index < -0.39 is 0 Å². The van der Waals surface area contributed by atoms with Crippen molar-refractivity contribution >= 4 is 0 Å². The molecular weight excluding hydrogens is 160 g/mol. The predicted molar refractivity (Wildman–Crippen MR) is 54.8 cm³/mol. The van der Waals surface area contributed by atoms with Crippen LogP contribution in [0.2, 0.25) is 0 Å². The molecule has 1 aromatic heterocycles. The zero-order chi connectivity index (χ0) is 9.84. The Morgan fingerprint density at radius 3 is 2.31 bits per heavy atom. The van der Waals surface area contributed by atoms with E-state index in [1.54, 1.807) is 0 Å². The average molecular weight is 178 g/mol. The normalized spacial score (nSPS) is 14.8. The average Bonchev–Trinajstić information content (AvgIpc) is 2.96. The minimum Gasteiger partial charge on any atom is -0.241 e. The molecule has 0 atom stereocenters. The van der Waals surface area contributed by atoms with E-state index in [-0.39, 0.29) is 0 Å². The highest BCUT2D eigenvalue weighted by atomic mass is 14.9. The number of aromatic nitrogens is 2. The smallest absolute Gasteiger partial charge is 0.131 e. The summed E-state index contributed by atoms with van der Waals surface area (Å²) in [5.74, 6) is 1.72. The molecule has 72 valence electrons. The summed E-state index contributed by atoms with van der Waals surface area (Å²) < 4.78 is 0. The first-order valence-corrected chi connectivity index (χ1v) is 5.07. The molecule has 0 N–H and O–H groups in total. The molecule has 2 heteroatoms. The summed E-state index contributed by atoms with van der Waals surface area (Å²) in [5.41, 5.74) is 2.32. The highest BCUT2D eigenvalue weighted by molar-refractivity contribution is 5.16. The van der Waals surface area contributed by atoms with Crippen molar-refractivity contribution in [2.45, 2.75) is 46.5 Å². The van der Waals surface area contributed by atoms with Crippen LogP contribution in [0.1, 0.15) is 49.7 Å². The van der Waals surface area contributed by atoms with Crippen LogP contribution in [0.15, 0.2) is 6.20 Å². The lowest BCUT2D eigenvalue weighted by Gasteiger charge is -2.00. The van der Waals surface area contributed by atoms with E-state index in [1.807, 2.05) is 33.9 Å². The molecule has 0 amide bonds. The number of aryl methyl sites for hydroxylation is 2. The summed E-state index contributed by atoms with van der Waals surface area (Å²) >= 11 is 0. The second kappa shape index (κ2) is 4.35. The van der Waals surface area contributed by atoms with Crippen LogP contribution in [0.3, 0.4) is 0 Å². The highest BCUT2D eigenvalue weighted by Crippen LogP contribution is 2.37. The standard InChI is InChI=1S/C9H12N2.C2H6/c1-6-5-10-9(8-3-4-8)11-7(6)2;1-2/h5,8H,3-4H2,1-2H3;1-2H3. The maximum absolute atomic E-state index is 4.42. The van der Waals surface area contributed by atoms with Crippen LogP contribution in [0.5, 0.6) is 0 Å². The van der Waals surface area contributed by atoms with Gasteiger partial charge in [0, 0.05) is 17.8 Å². The van der Waals surface area contributed by atoms with Gasteiger partial charge in [-0.1, -0.05) is 13.8 Å². The summed E-state index contributed by atoms with van der Waals surface area (Å²) in [6.07, 6.45) is 4.49.